The molecule has 1 aromatic carbocycles. The maximum Gasteiger partial charge on any atom is 0.265 e. The van der Waals surface area contributed by atoms with Gasteiger partial charge >= 0.3 is 0 Å². The van der Waals surface area contributed by atoms with E-state index in [1.54, 1.807) is 18.2 Å². The van der Waals surface area contributed by atoms with Gasteiger partial charge in [0.1, 0.15) is 12.3 Å². The summed E-state index contributed by atoms with van der Waals surface area (Å²) in [5.74, 6) is -0.188. The molecule has 1 aliphatic heterocycles. The number of benzene rings is 1. The highest BCUT2D eigenvalue weighted by molar-refractivity contribution is 6.04. The molecule has 0 spiro atoms. The van der Waals surface area contributed by atoms with Gasteiger partial charge in [-0.1, -0.05) is 0 Å². The zero-order valence-electron chi connectivity index (χ0n) is 13.2. The van der Waals surface area contributed by atoms with Crippen LogP contribution in [0, 0.1) is 0 Å². The summed E-state index contributed by atoms with van der Waals surface area (Å²) in [4.78, 5) is 37.0. The topological polar surface area (TPSA) is 75.7 Å². The Bertz CT molecular complexity index is 632. The number of carbonyl (C=O) groups excluding carboxylic acids is 3. The zero-order chi connectivity index (χ0) is 16.5. The summed E-state index contributed by atoms with van der Waals surface area (Å²) in [6, 6.07) is 4.87. The molecule has 0 aliphatic carbocycles. The van der Waals surface area contributed by atoms with Crippen LogP contribution in [-0.4, -0.2) is 36.3 Å². The van der Waals surface area contributed by atoms with Crippen molar-refractivity contribution in [2.24, 2.45) is 0 Å². The predicted octanol–water partition coefficient (Wildman–Crippen LogP) is 1.53. The van der Waals surface area contributed by atoms with Gasteiger partial charge in [-0.25, -0.2) is 0 Å². The van der Waals surface area contributed by atoms with Gasteiger partial charge in [0.2, 0.25) is 5.91 Å². The number of ketones is 1. The fraction of sp³-hybridized carbons (Fsp3) is 0.438. The quantitative estimate of drug-likeness (QED) is 0.859. The summed E-state index contributed by atoms with van der Waals surface area (Å²) >= 11 is 0. The maximum atomic E-state index is 12.1. The minimum Gasteiger partial charge on any atom is -0.482 e. The number of fused-ring (bicyclic) bond motifs is 1. The first kappa shape index (κ1) is 16.0. The van der Waals surface area contributed by atoms with Gasteiger partial charge in [0.15, 0.2) is 12.4 Å². The second-order valence-electron chi connectivity index (χ2n) is 6.31. The zero-order valence-corrected chi connectivity index (χ0v) is 13.2. The van der Waals surface area contributed by atoms with Crippen LogP contribution < -0.4 is 15.0 Å². The molecule has 2 amide bonds. The first-order chi connectivity index (χ1) is 10.2. The molecule has 0 aromatic heterocycles. The fourth-order valence-electron chi connectivity index (χ4n) is 2.20. The van der Waals surface area contributed by atoms with Crippen molar-refractivity contribution >= 4 is 23.3 Å². The Kier molecular flexibility index (Phi) is 4.21. The normalized spacial score (nSPS) is 14.2. The SMILES string of the molecule is CC(=O)c1ccc2c(c1)N(CC(=O)NC(C)(C)C)C(=O)CO2. The van der Waals surface area contributed by atoms with E-state index in [0.29, 0.717) is 17.0 Å². The third kappa shape index (κ3) is 3.63. The van der Waals surface area contributed by atoms with Crippen molar-refractivity contribution in [3.8, 4) is 5.75 Å². The number of carbonyl (C=O) groups is 3. The fourth-order valence-corrected chi connectivity index (χ4v) is 2.20. The maximum absolute atomic E-state index is 12.1. The van der Waals surface area contributed by atoms with Crippen LogP contribution in [0.3, 0.4) is 0 Å². The summed E-state index contributed by atoms with van der Waals surface area (Å²) in [6.07, 6.45) is 0. The number of Topliss-reactive ketones (excluding diaryl/α,β-unsaturated/α-hetero) is 1. The highest BCUT2D eigenvalue weighted by atomic mass is 16.5. The number of anilines is 1. The lowest BCUT2D eigenvalue weighted by atomic mass is 10.1. The first-order valence-corrected chi connectivity index (χ1v) is 7.06. The van der Waals surface area contributed by atoms with E-state index in [0.717, 1.165) is 0 Å². The molecule has 6 nitrogen and oxygen atoms in total. The Morgan fingerprint density at radius 2 is 2.00 bits per heavy atom. The molecule has 0 saturated carbocycles. The van der Waals surface area contributed by atoms with E-state index in [1.165, 1.54) is 11.8 Å². The minimum absolute atomic E-state index is 0.103. The van der Waals surface area contributed by atoms with Gasteiger partial charge in [-0.15, -0.1) is 0 Å². The van der Waals surface area contributed by atoms with Gasteiger partial charge in [-0.05, 0) is 45.9 Å². The minimum atomic E-state index is -0.378. The third-order valence-corrected chi connectivity index (χ3v) is 3.12. The number of rotatable bonds is 3. The van der Waals surface area contributed by atoms with Crippen molar-refractivity contribution in [2.75, 3.05) is 18.1 Å². The molecule has 118 valence electrons. The standard InChI is InChI=1S/C16H20N2O4/c1-10(19)11-5-6-13-12(7-11)18(15(21)9-22-13)8-14(20)17-16(2,3)4/h5-7H,8-9H2,1-4H3,(H,17,20). The largest absolute Gasteiger partial charge is 0.482 e. The van der Waals surface area contributed by atoms with Gasteiger partial charge in [0.05, 0.1) is 5.69 Å². The molecule has 0 unspecified atom stereocenters. The number of ether oxygens (including phenoxy) is 1. The molecular weight excluding hydrogens is 284 g/mol. The lowest BCUT2D eigenvalue weighted by molar-refractivity contribution is -0.126. The second-order valence-corrected chi connectivity index (χ2v) is 6.31. The third-order valence-electron chi connectivity index (χ3n) is 3.12. The van der Waals surface area contributed by atoms with E-state index >= 15 is 0 Å². The lowest BCUT2D eigenvalue weighted by Crippen LogP contribution is -2.49. The van der Waals surface area contributed by atoms with Crippen molar-refractivity contribution in [3.63, 3.8) is 0 Å². The van der Waals surface area contributed by atoms with E-state index in [4.69, 9.17) is 4.74 Å². The van der Waals surface area contributed by atoms with Crippen LogP contribution in [-0.2, 0) is 9.59 Å². The van der Waals surface area contributed by atoms with Crippen molar-refractivity contribution in [3.05, 3.63) is 23.8 Å². The highest BCUT2D eigenvalue weighted by Gasteiger charge is 2.28. The number of amides is 2. The van der Waals surface area contributed by atoms with Gasteiger partial charge in [0, 0.05) is 11.1 Å². The van der Waals surface area contributed by atoms with Crippen molar-refractivity contribution in [2.45, 2.75) is 33.2 Å². The van der Waals surface area contributed by atoms with E-state index in [1.807, 2.05) is 20.8 Å². The Morgan fingerprint density at radius 3 is 2.59 bits per heavy atom. The van der Waals surface area contributed by atoms with E-state index in [-0.39, 0.29) is 36.3 Å². The van der Waals surface area contributed by atoms with Crippen LogP contribution in [0.2, 0.25) is 0 Å². The number of hydrogen-bond acceptors (Lipinski definition) is 4. The summed E-state index contributed by atoms with van der Waals surface area (Å²) in [7, 11) is 0. The smallest absolute Gasteiger partial charge is 0.265 e. The average molecular weight is 304 g/mol. The van der Waals surface area contributed by atoms with Gasteiger partial charge < -0.3 is 10.1 Å². The molecule has 22 heavy (non-hydrogen) atoms. The Balaban J connectivity index is 2.29. The molecule has 1 heterocycles. The molecule has 0 saturated heterocycles. The van der Waals surface area contributed by atoms with Crippen LogP contribution in [0.4, 0.5) is 5.69 Å². The Hall–Kier alpha value is -2.37. The van der Waals surface area contributed by atoms with E-state index in [2.05, 4.69) is 5.32 Å². The molecule has 6 heteroatoms. The molecular formula is C16H20N2O4. The van der Waals surface area contributed by atoms with Gasteiger partial charge in [-0.2, -0.15) is 0 Å². The van der Waals surface area contributed by atoms with E-state index < -0.39 is 0 Å². The van der Waals surface area contributed by atoms with Gasteiger partial charge in [-0.3, -0.25) is 19.3 Å². The molecule has 2 rings (SSSR count). The van der Waals surface area contributed by atoms with Crippen molar-refractivity contribution in [1.82, 2.24) is 5.32 Å². The second kappa shape index (κ2) is 5.79. The van der Waals surface area contributed by atoms with Crippen LogP contribution in [0.15, 0.2) is 18.2 Å². The molecule has 1 N–H and O–H groups in total. The van der Waals surface area contributed by atoms with Crippen molar-refractivity contribution < 1.29 is 19.1 Å². The van der Waals surface area contributed by atoms with Crippen LogP contribution in [0.5, 0.6) is 5.75 Å². The molecule has 1 aliphatic rings. The first-order valence-electron chi connectivity index (χ1n) is 7.06. The monoisotopic (exact) mass is 304 g/mol. The summed E-state index contributed by atoms with van der Waals surface area (Å²) in [5, 5.41) is 2.81. The molecule has 1 aromatic rings. The van der Waals surface area contributed by atoms with Gasteiger partial charge in [0.25, 0.3) is 5.91 Å². The summed E-state index contributed by atoms with van der Waals surface area (Å²) in [6.45, 7) is 6.84. The molecule has 0 atom stereocenters. The number of nitrogens with zero attached hydrogens (tertiary/aromatic N) is 1. The molecule has 0 bridgehead atoms. The molecule has 0 radical (unpaired) electrons. The number of hydrogen-bond donors (Lipinski definition) is 1. The Morgan fingerprint density at radius 1 is 1.32 bits per heavy atom. The van der Waals surface area contributed by atoms with Crippen LogP contribution >= 0.6 is 0 Å². The Labute approximate surface area is 129 Å². The number of nitrogens with one attached hydrogen (secondary N) is 1. The summed E-state index contributed by atoms with van der Waals surface area (Å²) in [5.41, 5.74) is 0.544. The predicted molar refractivity (Wildman–Crippen MR) is 82.2 cm³/mol. The lowest BCUT2D eigenvalue weighted by Gasteiger charge is -2.30. The highest BCUT2D eigenvalue weighted by Crippen LogP contribution is 2.33. The average Bonchev–Trinajstić information content (AvgIpc) is 2.39. The molecule has 0 fully saturated rings. The van der Waals surface area contributed by atoms with Crippen molar-refractivity contribution in [1.29, 1.82) is 0 Å². The van der Waals surface area contributed by atoms with E-state index in [9.17, 15) is 14.4 Å². The summed E-state index contributed by atoms with van der Waals surface area (Å²) < 4.78 is 5.35. The van der Waals surface area contributed by atoms with Crippen LogP contribution in [0.1, 0.15) is 38.1 Å². The van der Waals surface area contributed by atoms with Crippen LogP contribution in [0.25, 0.3) is 0 Å².